The molecule has 4 aromatic rings. The fourth-order valence-electron chi connectivity index (χ4n) is 3.87. The monoisotopic (exact) mass is 638 g/mol. The standard InChI is InChI=1S/C25H25ClFIN6O3/c1-12-7-16(27)17(31-24(36)34(28)23-20(26)21(32-37-23)25(2,3)4)9-14(12)15-8-13-11-30-19(29-5)10-18(13)33(6)22(15)35/h7-11H,1-6H3,(H,29,30)(H,31,36). The SMILES string of the molecule is CNc1cc2c(cn1)cc(-c1cc(NC(=O)N(I)c3onc(C(C)(C)C)c3Cl)c(F)cc1C)c(=O)n2C. The van der Waals surface area contributed by atoms with Crippen LogP contribution in [0.15, 0.2) is 39.8 Å². The molecule has 37 heavy (non-hydrogen) atoms. The molecule has 1 aromatic carbocycles. The number of urea groups is 1. The summed E-state index contributed by atoms with van der Waals surface area (Å²) < 4.78 is 22.8. The predicted octanol–water partition coefficient (Wildman–Crippen LogP) is 6.42. The summed E-state index contributed by atoms with van der Waals surface area (Å²) in [6.45, 7) is 7.43. The molecule has 194 valence electrons. The van der Waals surface area contributed by atoms with Gasteiger partial charge in [0.2, 0.25) is 0 Å². The van der Waals surface area contributed by atoms with Crippen molar-refractivity contribution in [3.8, 4) is 11.1 Å². The molecule has 0 aliphatic rings. The maximum absolute atomic E-state index is 14.9. The van der Waals surface area contributed by atoms with Gasteiger partial charge >= 0.3 is 6.03 Å². The van der Waals surface area contributed by atoms with Crippen molar-refractivity contribution in [2.45, 2.75) is 33.1 Å². The van der Waals surface area contributed by atoms with Gasteiger partial charge in [0, 0.05) is 42.7 Å². The van der Waals surface area contributed by atoms with Crippen molar-refractivity contribution >= 4 is 68.8 Å². The van der Waals surface area contributed by atoms with Gasteiger partial charge in [-0.3, -0.25) is 4.79 Å². The van der Waals surface area contributed by atoms with E-state index in [2.05, 4.69) is 20.8 Å². The highest BCUT2D eigenvalue weighted by molar-refractivity contribution is 14.1. The maximum Gasteiger partial charge on any atom is 0.337 e. The lowest BCUT2D eigenvalue weighted by Gasteiger charge is -2.17. The second-order valence-corrected chi connectivity index (χ2v) is 10.9. The minimum absolute atomic E-state index is 0.0225. The minimum atomic E-state index is -0.706. The number of aromatic nitrogens is 3. The fraction of sp³-hybridized carbons (Fsp3) is 0.280. The predicted molar refractivity (Wildman–Crippen MR) is 152 cm³/mol. The normalized spacial score (nSPS) is 11.6. The van der Waals surface area contributed by atoms with Gasteiger partial charge in [-0.2, -0.15) is 3.11 Å². The van der Waals surface area contributed by atoms with E-state index >= 15 is 0 Å². The summed E-state index contributed by atoms with van der Waals surface area (Å²) in [6, 6.07) is 5.49. The van der Waals surface area contributed by atoms with Gasteiger partial charge in [0.05, 0.1) is 34.1 Å². The lowest BCUT2D eigenvalue weighted by atomic mass is 9.92. The molecule has 0 spiro atoms. The Balaban J connectivity index is 1.72. The molecule has 0 bridgehead atoms. The molecule has 0 saturated carbocycles. The smallest absolute Gasteiger partial charge is 0.337 e. The molecule has 12 heteroatoms. The molecule has 0 atom stereocenters. The molecule has 0 aliphatic carbocycles. The number of hydrogen-bond acceptors (Lipinski definition) is 6. The number of nitrogens with zero attached hydrogens (tertiary/aromatic N) is 4. The van der Waals surface area contributed by atoms with Crippen molar-refractivity contribution in [2.75, 3.05) is 20.8 Å². The Kier molecular flexibility index (Phi) is 7.21. The first-order valence-corrected chi connectivity index (χ1v) is 12.6. The second-order valence-electron chi connectivity index (χ2n) is 9.56. The summed E-state index contributed by atoms with van der Waals surface area (Å²) in [5.41, 5.74) is 1.76. The number of carbonyl (C=O) groups excluding carboxylic acids is 1. The third kappa shape index (κ3) is 5.01. The molecule has 2 N–H and O–H groups in total. The molecular formula is C25H25ClFIN6O3. The molecule has 2 amide bonds. The van der Waals surface area contributed by atoms with Crippen LogP contribution in [-0.2, 0) is 12.5 Å². The van der Waals surface area contributed by atoms with Crippen molar-refractivity contribution in [1.82, 2.24) is 14.7 Å². The van der Waals surface area contributed by atoms with E-state index < -0.39 is 17.3 Å². The lowest BCUT2D eigenvalue weighted by molar-refractivity contribution is 0.259. The highest BCUT2D eigenvalue weighted by Crippen LogP contribution is 2.38. The van der Waals surface area contributed by atoms with Crippen LogP contribution < -0.4 is 19.3 Å². The van der Waals surface area contributed by atoms with E-state index in [1.54, 1.807) is 62.2 Å². The van der Waals surface area contributed by atoms with Crippen LogP contribution in [0.4, 0.5) is 26.6 Å². The number of carbonyl (C=O) groups is 1. The maximum atomic E-state index is 14.9. The average Bonchev–Trinajstić information content (AvgIpc) is 3.24. The van der Waals surface area contributed by atoms with Gasteiger partial charge in [0.25, 0.3) is 11.4 Å². The van der Waals surface area contributed by atoms with Crippen LogP contribution in [0.25, 0.3) is 22.0 Å². The highest BCUT2D eigenvalue weighted by atomic mass is 127. The zero-order chi connectivity index (χ0) is 27.2. The number of nitrogens with one attached hydrogen (secondary N) is 2. The molecule has 9 nitrogen and oxygen atoms in total. The van der Waals surface area contributed by atoms with Gasteiger partial charge in [-0.1, -0.05) is 37.5 Å². The number of halogens is 3. The summed E-state index contributed by atoms with van der Waals surface area (Å²) >= 11 is 8.11. The molecule has 0 unspecified atom stereocenters. The van der Waals surface area contributed by atoms with Crippen molar-refractivity contribution < 1.29 is 13.7 Å². The van der Waals surface area contributed by atoms with E-state index in [4.69, 9.17) is 16.1 Å². The molecule has 0 saturated heterocycles. The largest absolute Gasteiger partial charge is 0.373 e. The fourth-order valence-corrected chi connectivity index (χ4v) is 4.90. The number of rotatable bonds is 4. The van der Waals surface area contributed by atoms with Gasteiger partial charge in [0.15, 0.2) is 0 Å². The number of aryl methyl sites for hydroxylation is 2. The Labute approximate surface area is 231 Å². The van der Waals surface area contributed by atoms with Crippen molar-refractivity contribution in [1.29, 1.82) is 0 Å². The number of anilines is 3. The molecule has 0 aliphatic heterocycles. The first-order valence-electron chi connectivity index (χ1n) is 11.2. The molecule has 4 rings (SSSR count). The topological polar surface area (TPSA) is 105 Å². The molecule has 0 fully saturated rings. The average molecular weight is 639 g/mol. The summed E-state index contributed by atoms with van der Waals surface area (Å²) in [7, 11) is 3.41. The summed E-state index contributed by atoms with van der Waals surface area (Å²) in [6.07, 6.45) is 1.66. The van der Waals surface area contributed by atoms with E-state index in [1.807, 2.05) is 20.8 Å². The highest BCUT2D eigenvalue weighted by Gasteiger charge is 2.30. The third-order valence-corrected chi connectivity index (χ3v) is 7.11. The third-order valence-electron chi connectivity index (χ3n) is 5.90. The van der Waals surface area contributed by atoms with Crippen LogP contribution in [0.2, 0.25) is 5.02 Å². The Morgan fingerprint density at radius 3 is 2.54 bits per heavy atom. The molecule has 3 aromatic heterocycles. The number of fused-ring (bicyclic) bond motifs is 1. The summed E-state index contributed by atoms with van der Waals surface area (Å²) in [4.78, 5) is 30.6. The van der Waals surface area contributed by atoms with E-state index in [9.17, 15) is 14.0 Å². The van der Waals surface area contributed by atoms with E-state index in [0.717, 1.165) is 8.50 Å². The van der Waals surface area contributed by atoms with Gasteiger partial charge in [-0.05, 0) is 36.2 Å². The van der Waals surface area contributed by atoms with E-state index in [1.165, 1.54) is 16.7 Å². The second kappa shape index (κ2) is 9.93. The van der Waals surface area contributed by atoms with Crippen LogP contribution in [0, 0.1) is 12.7 Å². The summed E-state index contributed by atoms with van der Waals surface area (Å²) in [5, 5.41) is 10.4. The number of amides is 2. The first-order chi connectivity index (χ1) is 17.3. The number of pyridine rings is 2. The van der Waals surface area contributed by atoms with Crippen molar-refractivity contribution in [2.24, 2.45) is 7.05 Å². The van der Waals surface area contributed by atoms with E-state index in [0.29, 0.717) is 33.7 Å². The van der Waals surface area contributed by atoms with Crippen LogP contribution in [0.5, 0.6) is 0 Å². The quantitative estimate of drug-likeness (QED) is 0.198. The summed E-state index contributed by atoms with van der Waals surface area (Å²) in [5.74, 6) is -0.00583. The molecule has 3 heterocycles. The number of benzene rings is 1. The molecular weight excluding hydrogens is 614 g/mol. The first kappa shape index (κ1) is 26.9. The van der Waals surface area contributed by atoms with Crippen LogP contribution in [-0.4, -0.2) is 27.8 Å². The number of hydrogen-bond donors (Lipinski definition) is 2. The Hall–Kier alpha value is -3.19. The molecule has 0 radical (unpaired) electrons. The Morgan fingerprint density at radius 1 is 1.22 bits per heavy atom. The lowest BCUT2D eigenvalue weighted by Crippen LogP contribution is -2.26. The zero-order valence-electron chi connectivity index (χ0n) is 21.0. The zero-order valence-corrected chi connectivity index (χ0v) is 23.9. The van der Waals surface area contributed by atoms with Gasteiger partial charge in [-0.15, -0.1) is 0 Å². The Bertz CT molecular complexity index is 1590. The van der Waals surface area contributed by atoms with Crippen LogP contribution in [0.3, 0.4) is 0 Å². The van der Waals surface area contributed by atoms with Gasteiger partial charge in [-0.25, -0.2) is 14.2 Å². The van der Waals surface area contributed by atoms with Gasteiger partial charge in [0.1, 0.15) is 22.4 Å². The van der Waals surface area contributed by atoms with Crippen molar-refractivity contribution in [3.63, 3.8) is 0 Å². The van der Waals surface area contributed by atoms with Crippen LogP contribution in [0.1, 0.15) is 32.0 Å². The Morgan fingerprint density at radius 2 is 1.92 bits per heavy atom. The van der Waals surface area contributed by atoms with E-state index in [-0.39, 0.29) is 22.2 Å². The van der Waals surface area contributed by atoms with Crippen molar-refractivity contribution in [3.05, 3.63) is 62.9 Å². The van der Waals surface area contributed by atoms with Crippen LogP contribution >= 0.6 is 34.5 Å². The minimum Gasteiger partial charge on any atom is -0.373 e. The van der Waals surface area contributed by atoms with Gasteiger partial charge < -0.3 is 19.7 Å².